The average Bonchev–Trinajstić information content (AvgIpc) is 3.34. The summed E-state index contributed by atoms with van der Waals surface area (Å²) >= 11 is 1.03. The molecule has 1 fully saturated rings. The summed E-state index contributed by atoms with van der Waals surface area (Å²) in [6, 6.07) is 10.9. The molecular weight excluding hydrogens is 384 g/mol. The van der Waals surface area contributed by atoms with Crippen LogP contribution in [0.5, 0.6) is 0 Å². The summed E-state index contributed by atoms with van der Waals surface area (Å²) in [7, 11) is -3.60. The zero-order valence-corrected chi connectivity index (χ0v) is 15.9. The van der Waals surface area contributed by atoms with Gasteiger partial charge >= 0.3 is 0 Å². The van der Waals surface area contributed by atoms with Crippen molar-refractivity contribution in [2.45, 2.75) is 23.7 Å². The second-order valence-corrected chi connectivity index (χ2v) is 8.99. The van der Waals surface area contributed by atoms with E-state index in [0.29, 0.717) is 37.0 Å². The third-order valence-electron chi connectivity index (χ3n) is 5.03. The molecule has 4 aromatic rings. The first-order chi connectivity index (χ1) is 13.1. The molecular formula is C17H16N6O2S2. The van der Waals surface area contributed by atoms with Crippen LogP contribution >= 0.6 is 11.7 Å². The van der Waals surface area contributed by atoms with E-state index < -0.39 is 10.0 Å². The minimum atomic E-state index is -3.60. The lowest BCUT2D eigenvalue weighted by molar-refractivity contribution is 0.313. The van der Waals surface area contributed by atoms with E-state index in [9.17, 15) is 8.42 Å². The molecule has 1 saturated heterocycles. The van der Waals surface area contributed by atoms with Crippen molar-refractivity contribution in [1.29, 1.82) is 0 Å². The van der Waals surface area contributed by atoms with Gasteiger partial charge in [0.2, 0.25) is 10.0 Å². The number of piperidine rings is 1. The zero-order valence-electron chi connectivity index (χ0n) is 14.3. The molecule has 0 spiro atoms. The van der Waals surface area contributed by atoms with Gasteiger partial charge in [0, 0.05) is 25.2 Å². The number of pyridine rings is 1. The molecule has 0 bridgehead atoms. The Morgan fingerprint density at radius 2 is 1.85 bits per heavy atom. The number of nitrogens with zero attached hydrogens (tertiary/aromatic N) is 6. The van der Waals surface area contributed by atoms with Gasteiger partial charge in [0.15, 0.2) is 5.65 Å². The Labute approximate surface area is 159 Å². The van der Waals surface area contributed by atoms with Gasteiger partial charge in [-0.15, -0.1) is 10.2 Å². The molecule has 0 aliphatic carbocycles. The van der Waals surface area contributed by atoms with Crippen LogP contribution in [0.1, 0.15) is 24.6 Å². The van der Waals surface area contributed by atoms with Crippen LogP contribution < -0.4 is 0 Å². The Balaban J connectivity index is 1.41. The quantitative estimate of drug-likeness (QED) is 0.524. The van der Waals surface area contributed by atoms with Crippen molar-refractivity contribution in [1.82, 2.24) is 27.7 Å². The fraction of sp³-hybridized carbons (Fsp3) is 0.294. The van der Waals surface area contributed by atoms with E-state index in [2.05, 4.69) is 18.9 Å². The molecule has 0 atom stereocenters. The van der Waals surface area contributed by atoms with Crippen molar-refractivity contribution >= 4 is 38.4 Å². The lowest BCUT2D eigenvalue weighted by Gasteiger charge is -2.30. The second-order valence-electron chi connectivity index (χ2n) is 6.55. The Hall–Kier alpha value is -2.43. The third kappa shape index (κ3) is 2.71. The largest absolute Gasteiger partial charge is 0.286 e. The van der Waals surface area contributed by atoms with Crippen LogP contribution in [0.4, 0.5) is 0 Å². The highest BCUT2D eigenvalue weighted by Crippen LogP contribution is 2.31. The maximum absolute atomic E-state index is 13.1. The monoisotopic (exact) mass is 400 g/mol. The maximum atomic E-state index is 13.1. The summed E-state index contributed by atoms with van der Waals surface area (Å²) in [6.45, 7) is 0.894. The molecule has 5 rings (SSSR count). The van der Waals surface area contributed by atoms with Crippen molar-refractivity contribution in [2.24, 2.45) is 0 Å². The van der Waals surface area contributed by atoms with Crippen LogP contribution in [-0.2, 0) is 10.0 Å². The van der Waals surface area contributed by atoms with Gasteiger partial charge in [-0.2, -0.15) is 13.1 Å². The van der Waals surface area contributed by atoms with E-state index in [1.165, 1.54) is 0 Å². The molecule has 0 radical (unpaired) electrons. The predicted octanol–water partition coefficient (Wildman–Crippen LogP) is 2.30. The molecule has 0 N–H and O–H groups in total. The summed E-state index contributed by atoms with van der Waals surface area (Å²) in [5.41, 5.74) is 1.88. The van der Waals surface area contributed by atoms with Crippen LogP contribution in [0.2, 0.25) is 0 Å². The van der Waals surface area contributed by atoms with E-state index in [0.717, 1.165) is 23.2 Å². The van der Waals surface area contributed by atoms with E-state index >= 15 is 0 Å². The van der Waals surface area contributed by atoms with Crippen LogP contribution in [0, 0.1) is 0 Å². The van der Waals surface area contributed by atoms with Gasteiger partial charge in [0.05, 0.1) is 11.7 Å². The number of benzene rings is 1. The lowest BCUT2D eigenvalue weighted by atomic mass is 9.97. The Morgan fingerprint density at radius 1 is 1.00 bits per heavy atom. The number of fused-ring (bicyclic) bond motifs is 2. The van der Waals surface area contributed by atoms with Crippen LogP contribution in [0.3, 0.4) is 0 Å². The standard InChI is InChI=1S/C17H16N6O2S2/c24-27(25,14-5-3-4-13-16(14)21-26-20-13)22-10-7-12(8-11-22)17-19-18-15-6-1-2-9-23(15)17/h1-6,9,12H,7-8,10-11H2. The minimum absolute atomic E-state index is 0.186. The van der Waals surface area contributed by atoms with Gasteiger partial charge in [-0.05, 0) is 37.1 Å². The molecule has 4 heterocycles. The third-order valence-corrected chi connectivity index (χ3v) is 7.50. The number of hydrogen-bond acceptors (Lipinski definition) is 7. The first-order valence-corrected chi connectivity index (χ1v) is 10.8. The Morgan fingerprint density at radius 3 is 2.70 bits per heavy atom. The number of hydrogen-bond donors (Lipinski definition) is 0. The Kier molecular flexibility index (Phi) is 3.92. The molecule has 0 saturated carbocycles. The van der Waals surface area contributed by atoms with Gasteiger partial charge in [0.25, 0.3) is 0 Å². The SMILES string of the molecule is O=S(=O)(c1cccc2nsnc12)N1CCC(c2nnc3ccccn23)CC1. The fourth-order valence-corrected chi connectivity index (χ4v) is 5.84. The first kappa shape index (κ1) is 16.7. The summed E-state index contributed by atoms with van der Waals surface area (Å²) in [5, 5.41) is 8.53. The number of aromatic nitrogens is 5. The van der Waals surface area contributed by atoms with Crippen LogP contribution in [0.25, 0.3) is 16.7 Å². The van der Waals surface area contributed by atoms with Gasteiger partial charge in [-0.1, -0.05) is 12.1 Å². The molecule has 1 aliphatic heterocycles. The van der Waals surface area contributed by atoms with Gasteiger partial charge < -0.3 is 0 Å². The molecule has 0 unspecified atom stereocenters. The van der Waals surface area contributed by atoms with Gasteiger partial charge in [-0.3, -0.25) is 4.40 Å². The molecule has 1 aliphatic rings. The number of sulfonamides is 1. The highest BCUT2D eigenvalue weighted by atomic mass is 32.2. The molecule has 138 valence electrons. The topological polar surface area (TPSA) is 93.4 Å². The normalized spacial score (nSPS) is 17.0. The zero-order chi connectivity index (χ0) is 18.4. The number of rotatable bonds is 3. The Bertz CT molecular complexity index is 1220. The van der Waals surface area contributed by atoms with Gasteiger partial charge in [-0.25, -0.2) is 8.42 Å². The molecule has 0 amide bonds. The first-order valence-electron chi connectivity index (χ1n) is 8.66. The minimum Gasteiger partial charge on any atom is -0.286 e. The second kappa shape index (κ2) is 6.32. The summed E-state index contributed by atoms with van der Waals surface area (Å²) in [5.74, 6) is 1.08. The predicted molar refractivity (Wildman–Crippen MR) is 101 cm³/mol. The van der Waals surface area contributed by atoms with Crippen molar-refractivity contribution < 1.29 is 8.42 Å². The highest BCUT2D eigenvalue weighted by molar-refractivity contribution is 7.89. The van der Waals surface area contributed by atoms with Crippen LogP contribution in [0.15, 0.2) is 47.5 Å². The molecule has 27 heavy (non-hydrogen) atoms. The molecule has 1 aromatic carbocycles. The smallest absolute Gasteiger partial charge is 0.245 e. The van der Waals surface area contributed by atoms with E-state index in [1.807, 2.05) is 28.8 Å². The van der Waals surface area contributed by atoms with E-state index in [1.54, 1.807) is 22.5 Å². The van der Waals surface area contributed by atoms with Crippen molar-refractivity contribution in [3.8, 4) is 0 Å². The van der Waals surface area contributed by atoms with Crippen molar-refractivity contribution in [3.63, 3.8) is 0 Å². The van der Waals surface area contributed by atoms with E-state index in [4.69, 9.17) is 0 Å². The fourth-order valence-electron chi connectivity index (χ4n) is 3.62. The average molecular weight is 400 g/mol. The molecule has 8 nitrogen and oxygen atoms in total. The van der Waals surface area contributed by atoms with Crippen molar-refractivity contribution in [2.75, 3.05) is 13.1 Å². The van der Waals surface area contributed by atoms with Crippen LogP contribution in [-0.4, -0.2) is 49.2 Å². The van der Waals surface area contributed by atoms with Gasteiger partial charge in [0.1, 0.15) is 21.8 Å². The van der Waals surface area contributed by atoms with Crippen molar-refractivity contribution in [3.05, 3.63) is 48.4 Å². The van der Waals surface area contributed by atoms with E-state index in [-0.39, 0.29) is 10.8 Å². The maximum Gasteiger partial charge on any atom is 0.245 e. The molecule has 10 heteroatoms. The summed E-state index contributed by atoms with van der Waals surface area (Å²) < 4.78 is 38.1. The highest BCUT2D eigenvalue weighted by Gasteiger charge is 2.33. The summed E-state index contributed by atoms with van der Waals surface area (Å²) in [6.07, 6.45) is 3.37. The summed E-state index contributed by atoms with van der Waals surface area (Å²) in [4.78, 5) is 0.236. The lowest BCUT2D eigenvalue weighted by Crippen LogP contribution is -2.38. The molecule has 3 aromatic heterocycles.